The van der Waals surface area contributed by atoms with Gasteiger partial charge < -0.3 is 9.64 Å². The molecule has 3 heterocycles. The molecule has 0 spiro atoms. The summed E-state index contributed by atoms with van der Waals surface area (Å²) in [6.45, 7) is 6.44. The molecule has 146 valence electrons. The Morgan fingerprint density at radius 1 is 1.37 bits per heavy atom. The molecule has 1 aliphatic rings. The highest BCUT2D eigenvalue weighted by molar-refractivity contribution is 5.77. The quantitative estimate of drug-likeness (QED) is 0.710. The summed E-state index contributed by atoms with van der Waals surface area (Å²) in [6.07, 6.45) is 9.72. The van der Waals surface area contributed by atoms with Crippen LogP contribution in [0.25, 0.3) is 0 Å². The number of nitrogens with zero attached hydrogens (tertiary/aromatic N) is 5. The Morgan fingerprint density at radius 3 is 2.96 bits per heavy atom. The minimum absolute atomic E-state index is 0.0343. The first-order chi connectivity index (χ1) is 13.2. The molecule has 0 N–H and O–H groups in total. The van der Waals surface area contributed by atoms with Crippen molar-refractivity contribution < 1.29 is 9.53 Å². The Bertz CT molecular complexity index is 718. The number of piperidine rings is 1. The highest BCUT2D eigenvalue weighted by Crippen LogP contribution is 2.20. The van der Waals surface area contributed by atoms with Crippen LogP contribution in [0.3, 0.4) is 0 Å². The normalized spacial score (nSPS) is 17.8. The van der Waals surface area contributed by atoms with Crippen LogP contribution in [0.1, 0.15) is 30.9 Å². The summed E-state index contributed by atoms with van der Waals surface area (Å²) < 4.78 is 7.07. The van der Waals surface area contributed by atoms with Crippen molar-refractivity contribution in [3.05, 3.63) is 48.0 Å². The second-order valence-electron chi connectivity index (χ2n) is 7.05. The van der Waals surface area contributed by atoms with Crippen molar-refractivity contribution in [2.75, 3.05) is 26.8 Å². The largest absolute Gasteiger partial charge is 0.375 e. The average molecular weight is 371 g/mol. The SMILES string of the molecule is CCn1cc(CN2CCCC(N(Cc3cccnc3)C(=O)COC)C2)cn1. The molecule has 0 saturated carbocycles. The van der Waals surface area contributed by atoms with E-state index in [4.69, 9.17) is 4.74 Å². The van der Waals surface area contributed by atoms with E-state index in [-0.39, 0.29) is 18.6 Å². The van der Waals surface area contributed by atoms with Crippen LogP contribution in [-0.2, 0) is 29.2 Å². The third-order valence-corrected chi connectivity index (χ3v) is 5.00. The molecule has 1 unspecified atom stereocenters. The van der Waals surface area contributed by atoms with Gasteiger partial charge in [-0.2, -0.15) is 5.10 Å². The molecule has 0 aliphatic carbocycles. The number of hydrogen-bond donors (Lipinski definition) is 0. The second kappa shape index (κ2) is 9.62. The van der Waals surface area contributed by atoms with Crippen LogP contribution in [0, 0.1) is 0 Å². The fourth-order valence-corrected chi connectivity index (χ4v) is 3.66. The van der Waals surface area contributed by atoms with Gasteiger partial charge in [0.25, 0.3) is 0 Å². The van der Waals surface area contributed by atoms with Crippen LogP contribution in [0.4, 0.5) is 0 Å². The summed E-state index contributed by atoms with van der Waals surface area (Å²) in [6, 6.07) is 4.11. The van der Waals surface area contributed by atoms with Crippen LogP contribution in [0.5, 0.6) is 0 Å². The number of amides is 1. The van der Waals surface area contributed by atoms with Crippen molar-refractivity contribution in [2.24, 2.45) is 0 Å². The molecule has 0 bridgehead atoms. The molecule has 2 aromatic heterocycles. The van der Waals surface area contributed by atoms with E-state index in [1.807, 2.05) is 34.1 Å². The van der Waals surface area contributed by atoms with Gasteiger partial charge in [0.2, 0.25) is 5.91 Å². The Hall–Kier alpha value is -2.25. The zero-order chi connectivity index (χ0) is 19.1. The number of hydrogen-bond acceptors (Lipinski definition) is 5. The molecule has 1 saturated heterocycles. The molecular formula is C20H29N5O2. The molecule has 0 radical (unpaired) electrons. The van der Waals surface area contributed by atoms with Crippen molar-refractivity contribution in [1.29, 1.82) is 0 Å². The van der Waals surface area contributed by atoms with Crippen LogP contribution >= 0.6 is 0 Å². The summed E-state index contributed by atoms with van der Waals surface area (Å²) in [5.74, 6) is 0.0343. The number of aryl methyl sites for hydroxylation is 1. The first kappa shape index (κ1) is 19.5. The summed E-state index contributed by atoms with van der Waals surface area (Å²) in [4.78, 5) is 21.3. The summed E-state index contributed by atoms with van der Waals surface area (Å²) >= 11 is 0. The lowest BCUT2D eigenvalue weighted by Gasteiger charge is -2.39. The number of carbonyl (C=O) groups is 1. The molecule has 1 atom stereocenters. The van der Waals surface area contributed by atoms with E-state index < -0.39 is 0 Å². The van der Waals surface area contributed by atoms with Crippen molar-refractivity contribution in [1.82, 2.24) is 24.6 Å². The highest BCUT2D eigenvalue weighted by atomic mass is 16.5. The summed E-state index contributed by atoms with van der Waals surface area (Å²) in [5, 5.41) is 4.36. The maximum absolute atomic E-state index is 12.7. The maximum atomic E-state index is 12.7. The zero-order valence-electron chi connectivity index (χ0n) is 16.3. The molecule has 0 aromatic carbocycles. The smallest absolute Gasteiger partial charge is 0.249 e. The molecule has 1 aliphatic heterocycles. The van der Waals surface area contributed by atoms with Gasteiger partial charge in [-0.3, -0.25) is 19.4 Å². The first-order valence-electron chi connectivity index (χ1n) is 9.60. The van der Waals surface area contributed by atoms with E-state index in [9.17, 15) is 4.79 Å². The molecule has 2 aromatic rings. The fourth-order valence-electron chi connectivity index (χ4n) is 3.66. The van der Waals surface area contributed by atoms with E-state index in [1.54, 1.807) is 13.3 Å². The predicted octanol–water partition coefficient (Wildman–Crippen LogP) is 1.94. The fraction of sp³-hybridized carbons (Fsp3) is 0.550. The first-order valence-corrected chi connectivity index (χ1v) is 9.60. The number of ether oxygens (including phenoxy) is 1. The Kier molecular flexibility index (Phi) is 6.95. The van der Waals surface area contributed by atoms with Gasteiger partial charge in [-0.1, -0.05) is 6.07 Å². The Morgan fingerprint density at radius 2 is 2.26 bits per heavy atom. The summed E-state index contributed by atoms with van der Waals surface area (Å²) in [7, 11) is 1.57. The number of methoxy groups -OCH3 is 1. The summed E-state index contributed by atoms with van der Waals surface area (Å²) in [5.41, 5.74) is 2.27. The van der Waals surface area contributed by atoms with E-state index in [0.717, 1.165) is 44.6 Å². The van der Waals surface area contributed by atoms with Gasteiger partial charge in [0, 0.05) is 63.5 Å². The average Bonchev–Trinajstić information content (AvgIpc) is 3.15. The van der Waals surface area contributed by atoms with Crippen molar-refractivity contribution in [2.45, 2.75) is 45.4 Å². The second-order valence-corrected chi connectivity index (χ2v) is 7.05. The van der Waals surface area contributed by atoms with Gasteiger partial charge in [0.15, 0.2) is 0 Å². The number of carbonyl (C=O) groups excluding carboxylic acids is 1. The molecule has 3 rings (SSSR count). The van der Waals surface area contributed by atoms with Gasteiger partial charge in [-0.15, -0.1) is 0 Å². The lowest BCUT2D eigenvalue weighted by atomic mass is 10.0. The third kappa shape index (κ3) is 5.37. The van der Waals surface area contributed by atoms with Crippen LogP contribution < -0.4 is 0 Å². The van der Waals surface area contributed by atoms with Crippen molar-refractivity contribution >= 4 is 5.91 Å². The van der Waals surface area contributed by atoms with Gasteiger partial charge >= 0.3 is 0 Å². The Labute approximate surface area is 160 Å². The van der Waals surface area contributed by atoms with Gasteiger partial charge in [0.1, 0.15) is 6.61 Å². The zero-order valence-corrected chi connectivity index (χ0v) is 16.3. The van der Waals surface area contributed by atoms with Crippen LogP contribution in [0.2, 0.25) is 0 Å². The molecule has 1 fully saturated rings. The highest BCUT2D eigenvalue weighted by Gasteiger charge is 2.28. The lowest BCUT2D eigenvalue weighted by molar-refractivity contribution is -0.139. The number of pyridine rings is 1. The number of aromatic nitrogens is 3. The monoisotopic (exact) mass is 371 g/mol. The van der Waals surface area contributed by atoms with Gasteiger partial charge in [-0.05, 0) is 37.9 Å². The van der Waals surface area contributed by atoms with E-state index in [1.165, 1.54) is 5.56 Å². The van der Waals surface area contributed by atoms with Gasteiger partial charge in [-0.25, -0.2) is 0 Å². The lowest BCUT2D eigenvalue weighted by Crippen LogP contribution is -2.50. The number of likely N-dealkylation sites (tertiary alicyclic amines) is 1. The van der Waals surface area contributed by atoms with Gasteiger partial charge in [0.05, 0.1) is 6.20 Å². The Balaban J connectivity index is 1.68. The number of rotatable bonds is 8. The van der Waals surface area contributed by atoms with Crippen LogP contribution in [-0.4, -0.2) is 63.3 Å². The standard InChI is InChI=1S/C20H29N5O2/c1-3-24-13-18(11-22-24)12-23-9-5-7-19(15-23)25(20(26)16-27-2)14-17-6-4-8-21-10-17/h4,6,8,10-11,13,19H,3,5,7,9,12,14-16H2,1-2H3. The maximum Gasteiger partial charge on any atom is 0.249 e. The van der Waals surface area contributed by atoms with E-state index >= 15 is 0 Å². The van der Waals surface area contributed by atoms with Crippen LogP contribution in [0.15, 0.2) is 36.9 Å². The van der Waals surface area contributed by atoms with E-state index in [2.05, 4.69) is 28.1 Å². The predicted molar refractivity (Wildman–Crippen MR) is 103 cm³/mol. The molecule has 7 nitrogen and oxygen atoms in total. The minimum Gasteiger partial charge on any atom is -0.375 e. The molecule has 7 heteroatoms. The van der Waals surface area contributed by atoms with Crippen molar-refractivity contribution in [3.63, 3.8) is 0 Å². The van der Waals surface area contributed by atoms with Crippen molar-refractivity contribution in [3.8, 4) is 0 Å². The minimum atomic E-state index is 0.0343. The molecule has 27 heavy (non-hydrogen) atoms. The molecule has 1 amide bonds. The molecular weight excluding hydrogens is 342 g/mol. The third-order valence-electron chi connectivity index (χ3n) is 5.00. The topological polar surface area (TPSA) is 63.5 Å². The van der Waals surface area contributed by atoms with E-state index in [0.29, 0.717) is 6.54 Å².